The summed E-state index contributed by atoms with van der Waals surface area (Å²) in [6, 6.07) is 17.7. The van der Waals surface area contributed by atoms with Crippen LogP contribution < -0.4 is 10.6 Å². The van der Waals surface area contributed by atoms with Gasteiger partial charge in [0, 0.05) is 23.6 Å². The Balaban J connectivity index is 1.81. The number of carbonyl (C=O) groups is 1. The number of guanidine groups is 1. The van der Waals surface area contributed by atoms with Crippen LogP contribution in [0.2, 0.25) is 0 Å². The number of nitrogens with zero attached hydrogens (tertiary/aromatic N) is 2. The molecule has 5 nitrogen and oxygen atoms in total. The van der Waals surface area contributed by atoms with Crippen molar-refractivity contribution in [2.75, 3.05) is 5.32 Å². The molecular formula is C24H26N4O. The van der Waals surface area contributed by atoms with E-state index in [-0.39, 0.29) is 5.91 Å². The molecule has 0 aliphatic heterocycles. The molecule has 3 aromatic rings. The number of amides is 1. The molecule has 0 bridgehead atoms. The van der Waals surface area contributed by atoms with E-state index in [9.17, 15) is 4.79 Å². The van der Waals surface area contributed by atoms with Gasteiger partial charge < -0.3 is 5.32 Å². The summed E-state index contributed by atoms with van der Waals surface area (Å²) in [7, 11) is 0. The second-order valence-corrected chi connectivity index (χ2v) is 7.03. The van der Waals surface area contributed by atoms with Crippen LogP contribution in [0.1, 0.15) is 39.5 Å². The van der Waals surface area contributed by atoms with Crippen molar-refractivity contribution in [3.8, 4) is 0 Å². The van der Waals surface area contributed by atoms with Crippen LogP contribution in [-0.4, -0.2) is 16.9 Å². The largest absolute Gasteiger partial charge is 0.326 e. The van der Waals surface area contributed by atoms with Crippen LogP contribution in [0.15, 0.2) is 72.0 Å². The fraction of sp³-hybridized carbons (Fsp3) is 0.208. The second-order valence-electron chi connectivity index (χ2n) is 7.03. The van der Waals surface area contributed by atoms with Crippen LogP contribution in [-0.2, 0) is 13.0 Å². The standard InChI is InChI=1S/C24H26N4O/c1-4-19-5-7-22(8-6-19)27-24(26-16-20-9-11-25-12-10-20)28-23(29)21-14-17(2)13-18(3)15-21/h5-15H,4,16H2,1-3H3,(H2,26,27,28,29). The van der Waals surface area contributed by atoms with Crippen LogP contribution >= 0.6 is 0 Å². The third-order valence-corrected chi connectivity index (χ3v) is 4.51. The zero-order valence-electron chi connectivity index (χ0n) is 17.1. The maximum Gasteiger partial charge on any atom is 0.257 e. The van der Waals surface area contributed by atoms with E-state index in [1.807, 2.05) is 56.3 Å². The number of hydrogen-bond acceptors (Lipinski definition) is 3. The molecule has 0 saturated carbocycles. The smallest absolute Gasteiger partial charge is 0.257 e. The van der Waals surface area contributed by atoms with Crippen molar-refractivity contribution in [3.63, 3.8) is 0 Å². The summed E-state index contributed by atoms with van der Waals surface area (Å²) in [5, 5.41) is 6.15. The Kier molecular flexibility index (Phi) is 6.74. The van der Waals surface area contributed by atoms with E-state index >= 15 is 0 Å². The molecule has 5 heteroatoms. The molecule has 3 rings (SSSR count). The molecule has 2 aromatic carbocycles. The van der Waals surface area contributed by atoms with Gasteiger partial charge in [-0.1, -0.05) is 36.2 Å². The molecule has 0 radical (unpaired) electrons. The molecule has 0 aliphatic rings. The summed E-state index contributed by atoms with van der Waals surface area (Å²) < 4.78 is 0. The molecule has 1 aromatic heterocycles. The van der Waals surface area contributed by atoms with E-state index in [4.69, 9.17) is 0 Å². The van der Waals surface area contributed by atoms with Crippen molar-refractivity contribution < 1.29 is 4.79 Å². The minimum absolute atomic E-state index is 0.192. The molecule has 0 unspecified atom stereocenters. The summed E-state index contributed by atoms with van der Waals surface area (Å²) in [6.07, 6.45) is 4.44. The highest BCUT2D eigenvalue weighted by molar-refractivity contribution is 6.10. The lowest BCUT2D eigenvalue weighted by molar-refractivity contribution is 0.0976. The highest BCUT2D eigenvalue weighted by Gasteiger charge is 2.10. The van der Waals surface area contributed by atoms with Crippen molar-refractivity contribution in [3.05, 3.63) is 94.8 Å². The number of aromatic nitrogens is 1. The molecule has 29 heavy (non-hydrogen) atoms. The van der Waals surface area contributed by atoms with Crippen molar-refractivity contribution in [1.82, 2.24) is 10.3 Å². The first-order valence-corrected chi connectivity index (χ1v) is 9.72. The molecule has 1 heterocycles. The third kappa shape index (κ3) is 6.01. The Labute approximate surface area is 171 Å². The Morgan fingerprint density at radius 3 is 2.21 bits per heavy atom. The van der Waals surface area contributed by atoms with Crippen LogP contribution in [0.4, 0.5) is 5.69 Å². The normalized spacial score (nSPS) is 11.2. The molecule has 0 aliphatic carbocycles. The Morgan fingerprint density at radius 2 is 1.59 bits per heavy atom. The first kappa shape index (κ1) is 20.3. The Bertz CT molecular complexity index is 975. The van der Waals surface area contributed by atoms with Crippen LogP contribution in [0.3, 0.4) is 0 Å². The minimum Gasteiger partial charge on any atom is -0.326 e. The predicted octanol–water partition coefficient (Wildman–Crippen LogP) is 4.66. The fourth-order valence-corrected chi connectivity index (χ4v) is 3.01. The van der Waals surface area contributed by atoms with Gasteiger partial charge in [-0.2, -0.15) is 0 Å². The zero-order valence-corrected chi connectivity index (χ0v) is 17.1. The Hall–Kier alpha value is -3.47. The van der Waals surface area contributed by atoms with Crippen LogP contribution in [0, 0.1) is 13.8 Å². The number of benzene rings is 2. The lowest BCUT2D eigenvalue weighted by atomic mass is 10.1. The van der Waals surface area contributed by atoms with Gasteiger partial charge in [-0.3, -0.25) is 15.1 Å². The second kappa shape index (κ2) is 9.64. The summed E-state index contributed by atoms with van der Waals surface area (Å²) in [4.78, 5) is 21.4. The maximum absolute atomic E-state index is 12.8. The number of anilines is 1. The summed E-state index contributed by atoms with van der Waals surface area (Å²) in [6.45, 7) is 6.52. The predicted molar refractivity (Wildman–Crippen MR) is 118 cm³/mol. The topological polar surface area (TPSA) is 66.4 Å². The van der Waals surface area contributed by atoms with E-state index in [0.717, 1.165) is 28.8 Å². The number of rotatable bonds is 5. The van der Waals surface area contributed by atoms with Gasteiger partial charge in [0.2, 0.25) is 5.96 Å². The number of carbonyl (C=O) groups excluding carboxylic acids is 1. The van der Waals surface area contributed by atoms with E-state index in [1.165, 1.54) is 5.56 Å². The number of nitrogens with one attached hydrogen (secondary N) is 2. The SMILES string of the molecule is CCc1ccc(NC(=NCc2ccncc2)NC(=O)c2cc(C)cc(C)c2)cc1. The number of aryl methyl sites for hydroxylation is 3. The van der Waals surface area contributed by atoms with Crippen molar-refractivity contribution >= 4 is 17.6 Å². The maximum atomic E-state index is 12.8. The molecule has 148 valence electrons. The van der Waals surface area contributed by atoms with Crippen molar-refractivity contribution in [2.45, 2.75) is 33.7 Å². The van der Waals surface area contributed by atoms with Gasteiger partial charge in [-0.25, -0.2) is 4.99 Å². The summed E-state index contributed by atoms with van der Waals surface area (Å²) >= 11 is 0. The van der Waals surface area contributed by atoms with Gasteiger partial charge in [0.15, 0.2) is 0 Å². The molecule has 0 fully saturated rings. The summed E-state index contributed by atoms with van der Waals surface area (Å²) in [5.41, 5.74) is 5.85. The van der Waals surface area contributed by atoms with Gasteiger partial charge in [-0.05, 0) is 67.8 Å². The zero-order chi connectivity index (χ0) is 20.6. The molecule has 2 N–H and O–H groups in total. The first-order valence-electron chi connectivity index (χ1n) is 9.72. The van der Waals surface area contributed by atoms with E-state index in [1.54, 1.807) is 12.4 Å². The van der Waals surface area contributed by atoms with Gasteiger partial charge in [0.05, 0.1) is 6.54 Å². The highest BCUT2D eigenvalue weighted by atomic mass is 16.1. The Morgan fingerprint density at radius 1 is 0.931 bits per heavy atom. The van der Waals surface area contributed by atoms with Crippen LogP contribution in [0.5, 0.6) is 0 Å². The molecule has 0 spiro atoms. The number of pyridine rings is 1. The molecular weight excluding hydrogens is 360 g/mol. The fourth-order valence-electron chi connectivity index (χ4n) is 3.01. The molecule has 1 amide bonds. The highest BCUT2D eigenvalue weighted by Crippen LogP contribution is 2.12. The minimum atomic E-state index is -0.192. The lowest BCUT2D eigenvalue weighted by Crippen LogP contribution is -2.36. The van der Waals surface area contributed by atoms with Gasteiger partial charge in [0.25, 0.3) is 5.91 Å². The van der Waals surface area contributed by atoms with E-state index in [0.29, 0.717) is 18.1 Å². The van der Waals surface area contributed by atoms with E-state index in [2.05, 4.69) is 39.7 Å². The van der Waals surface area contributed by atoms with Crippen LogP contribution in [0.25, 0.3) is 0 Å². The average Bonchev–Trinajstić information content (AvgIpc) is 2.72. The van der Waals surface area contributed by atoms with Crippen molar-refractivity contribution in [2.24, 2.45) is 4.99 Å². The number of aliphatic imine (C=N–C) groups is 1. The average molecular weight is 386 g/mol. The molecule has 0 saturated heterocycles. The quantitative estimate of drug-likeness (QED) is 0.495. The number of hydrogen-bond donors (Lipinski definition) is 2. The lowest BCUT2D eigenvalue weighted by Gasteiger charge is -2.13. The monoisotopic (exact) mass is 386 g/mol. The summed E-state index contributed by atoms with van der Waals surface area (Å²) in [5.74, 6) is 0.221. The third-order valence-electron chi connectivity index (χ3n) is 4.51. The van der Waals surface area contributed by atoms with Gasteiger partial charge >= 0.3 is 0 Å². The van der Waals surface area contributed by atoms with Crippen molar-refractivity contribution in [1.29, 1.82) is 0 Å². The van der Waals surface area contributed by atoms with Gasteiger partial charge in [0.1, 0.15) is 0 Å². The first-order chi connectivity index (χ1) is 14.0. The van der Waals surface area contributed by atoms with Gasteiger partial charge in [-0.15, -0.1) is 0 Å². The molecule has 0 atom stereocenters. The van der Waals surface area contributed by atoms with E-state index < -0.39 is 0 Å².